The molecular weight excluding hydrogens is 238 g/mol. The van der Waals surface area contributed by atoms with E-state index in [2.05, 4.69) is 5.32 Å². The van der Waals surface area contributed by atoms with Gasteiger partial charge < -0.3 is 21.1 Å². The first-order valence-corrected chi connectivity index (χ1v) is 5.57. The molecule has 0 aromatic carbocycles. The molecule has 100 valence electrons. The lowest BCUT2D eigenvalue weighted by Gasteiger charge is -2.21. The molecule has 0 aromatic rings. The third-order valence-electron chi connectivity index (χ3n) is 2.99. The number of carbonyl (C=O) groups is 3. The van der Waals surface area contributed by atoms with E-state index in [0.717, 1.165) is 6.08 Å². The van der Waals surface area contributed by atoms with Gasteiger partial charge in [-0.05, 0) is 13.3 Å². The highest BCUT2D eigenvalue weighted by Gasteiger charge is 2.40. The number of urea groups is 1. The second-order valence-corrected chi connectivity index (χ2v) is 4.52. The second kappa shape index (κ2) is 5.52. The summed E-state index contributed by atoms with van der Waals surface area (Å²) >= 11 is 0. The highest BCUT2D eigenvalue weighted by molar-refractivity contribution is 5.83. The quantitative estimate of drug-likeness (QED) is 0.589. The number of primary amides is 1. The molecule has 0 spiro atoms. The van der Waals surface area contributed by atoms with Gasteiger partial charge in [0.2, 0.25) is 5.91 Å². The van der Waals surface area contributed by atoms with E-state index in [0.29, 0.717) is 13.0 Å². The third kappa shape index (κ3) is 3.47. The van der Waals surface area contributed by atoms with Crippen LogP contribution in [-0.4, -0.2) is 47.5 Å². The molecule has 7 heteroatoms. The number of hydrogen-bond acceptors (Lipinski definition) is 3. The van der Waals surface area contributed by atoms with E-state index in [-0.39, 0.29) is 19.1 Å². The Balaban J connectivity index is 2.41. The summed E-state index contributed by atoms with van der Waals surface area (Å²) in [7, 11) is 0. The molecule has 4 N–H and O–H groups in total. The molecule has 1 rings (SSSR count). The Morgan fingerprint density at radius 3 is 2.67 bits per heavy atom. The fourth-order valence-corrected chi connectivity index (χ4v) is 1.75. The van der Waals surface area contributed by atoms with Crippen LogP contribution in [0.15, 0.2) is 12.2 Å². The van der Waals surface area contributed by atoms with Crippen LogP contribution in [0.5, 0.6) is 0 Å². The van der Waals surface area contributed by atoms with Gasteiger partial charge in [0, 0.05) is 25.7 Å². The maximum atomic E-state index is 11.7. The van der Waals surface area contributed by atoms with E-state index in [1.807, 2.05) is 0 Å². The van der Waals surface area contributed by atoms with Crippen molar-refractivity contribution >= 4 is 17.9 Å². The van der Waals surface area contributed by atoms with Crippen LogP contribution < -0.4 is 11.1 Å². The molecule has 3 amide bonds. The van der Waals surface area contributed by atoms with Crippen LogP contribution >= 0.6 is 0 Å². The van der Waals surface area contributed by atoms with Gasteiger partial charge in [-0.3, -0.25) is 4.79 Å². The predicted molar refractivity (Wildman–Crippen MR) is 63.7 cm³/mol. The molecule has 1 atom stereocenters. The first-order chi connectivity index (χ1) is 8.35. The van der Waals surface area contributed by atoms with Crippen LogP contribution in [0.4, 0.5) is 4.79 Å². The van der Waals surface area contributed by atoms with E-state index < -0.39 is 17.3 Å². The summed E-state index contributed by atoms with van der Waals surface area (Å²) in [6.45, 7) is 2.62. The summed E-state index contributed by atoms with van der Waals surface area (Å²) in [5.41, 5.74) is 4.60. The number of carbonyl (C=O) groups excluding carboxylic acids is 2. The molecule has 1 aliphatic heterocycles. The standard InChI is InChI=1S/C11H17N3O4/c1-11(9(12)17)4-6-14(7-11)10(18)13-5-2-3-8(15)16/h2-3H,4-7H2,1H3,(H2,12,17)(H,13,18)(H,15,16)/b3-2+. The minimum Gasteiger partial charge on any atom is -0.478 e. The Bertz CT molecular complexity index is 394. The first kappa shape index (κ1) is 14.0. The van der Waals surface area contributed by atoms with Gasteiger partial charge in [0.05, 0.1) is 5.41 Å². The molecule has 0 aliphatic carbocycles. The smallest absolute Gasteiger partial charge is 0.328 e. The van der Waals surface area contributed by atoms with Crippen LogP contribution in [0.2, 0.25) is 0 Å². The molecule has 0 aromatic heterocycles. The minimum absolute atomic E-state index is 0.134. The number of nitrogens with one attached hydrogen (secondary N) is 1. The lowest BCUT2D eigenvalue weighted by molar-refractivity contribution is -0.131. The molecule has 0 radical (unpaired) electrons. The number of likely N-dealkylation sites (tertiary alicyclic amines) is 1. The number of carboxylic acid groups (broad SMARTS) is 1. The van der Waals surface area contributed by atoms with Crippen LogP contribution in [0.1, 0.15) is 13.3 Å². The summed E-state index contributed by atoms with van der Waals surface area (Å²) in [5.74, 6) is -1.48. The Kier molecular flexibility index (Phi) is 4.30. The minimum atomic E-state index is -1.06. The number of aliphatic carboxylic acids is 1. The Hall–Kier alpha value is -2.05. The number of amides is 3. The summed E-state index contributed by atoms with van der Waals surface area (Å²) in [4.78, 5) is 34.6. The van der Waals surface area contributed by atoms with E-state index in [1.165, 1.54) is 11.0 Å². The van der Waals surface area contributed by atoms with Crippen molar-refractivity contribution in [3.8, 4) is 0 Å². The molecule has 1 fully saturated rings. The highest BCUT2D eigenvalue weighted by atomic mass is 16.4. The van der Waals surface area contributed by atoms with Gasteiger partial charge in [0.1, 0.15) is 0 Å². The fourth-order valence-electron chi connectivity index (χ4n) is 1.75. The highest BCUT2D eigenvalue weighted by Crippen LogP contribution is 2.29. The fraction of sp³-hybridized carbons (Fsp3) is 0.545. The number of rotatable bonds is 4. The normalized spacial score (nSPS) is 23.3. The summed E-state index contributed by atoms with van der Waals surface area (Å²) in [5, 5.41) is 10.9. The SMILES string of the molecule is CC1(C(N)=O)CCN(C(=O)NC/C=C/C(=O)O)C1. The molecule has 1 heterocycles. The average Bonchev–Trinajstić information content (AvgIpc) is 2.68. The zero-order valence-electron chi connectivity index (χ0n) is 10.2. The van der Waals surface area contributed by atoms with E-state index in [4.69, 9.17) is 10.8 Å². The maximum Gasteiger partial charge on any atom is 0.328 e. The Morgan fingerprint density at radius 1 is 1.50 bits per heavy atom. The second-order valence-electron chi connectivity index (χ2n) is 4.52. The molecule has 0 saturated carbocycles. The van der Waals surface area contributed by atoms with Gasteiger partial charge in [0.15, 0.2) is 0 Å². The van der Waals surface area contributed by atoms with Crippen molar-refractivity contribution in [2.75, 3.05) is 19.6 Å². The lowest BCUT2D eigenvalue weighted by Crippen LogP contribution is -2.42. The molecule has 0 bridgehead atoms. The Labute approximate surface area is 105 Å². The molecule has 1 unspecified atom stereocenters. The number of carboxylic acids is 1. The van der Waals surface area contributed by atoms with Gasteiger partial charge in [-0.25, -0.2) is 9.59 Å². The van der Waals surface area contributed by atoms with Crippen molar-refractivity contribution in [2.45, 2.75) is 13.3 Å². The van der Waals surface area contributed by atoms with Crippen molar-refractivity contribution in [2.24, 2.45) is 11.1 Å². The lowest BCUT2D eigenvalue weighted by atomic mass is 9.89. The molecule has 1 saturated heterocycles. The topological polar surface area (TPSA) is 113 Å². The zero-order valence-corrected chi connectivity index (χ0v) is 10.2. The molecule has 1 aliphatic rings. The first-order valence-electron chi connectivity index (χ1n) is 5.57. The van der Waals surface area contributed by atoms with E-state index >= 15 is 0 Å². The van der Waals surface area contributed by atoms with E-state index in [9.17, 15) is 14.4 Å². The average molecular weight is 255 g/mol. The van der Waals surface area contributed by atoms with Crippen molar-refractivity contribution in [1.82, 2.24) is 10.2 Å². The van der Waals surface area contributed by atoms with Crippen molar-refractivity contribution < 1.29 is 19.5 Å². The monoisotopic (exact) mass is 255 g/mol. The molecule has 7 nitrogen and oxygen atoms in total. The number of hydrogen-bond donors (Lipinski definition) is 3. The van der Waals surface area contributed by atoms with Crippen LogP contribution in [0, 0.1) is 5.41 Å². The largest absolute Gasteiger partial charge is 0.478 e. The van der Waals surface area contributed by atoms with Gasteiger partial charge >= 0.3 is 12.0 Å². The van der Waals surface area contributed by atoms with Gasteiger partial charge in [-0.2, -0.15) is 0 Å². The summed E-state index contributed by atoms with van der Waals surface area (Å²) < 4.78 is 0. The number of nitrogens with two attached hydrogens (primary N) is 1. The number of nitrogens with zero attached hydrogens (tertiary/aromatic N) is 1. The van der Waals surface area contributed by atoms with Gasteiger partial charge in [-0.15, -0.1) is 0 Å². The van der Waals surface area contributed by atoms with Crippen molar-refractivity contribution in [3.05, 3.63) is 12.2 Å². The maximum absolute atomic E-state index is 11.7. The van der Waals surface area contributed by atoms with Crippen LogP contribution in [-0.2, 0) is 9.59 Å². The van der Waals surface area contributed by atoms with Gasteiger partial charge in [0.25, 0.3) is 0 Å². The Morgan fingerprint density at radius 2 is 2.17 bits per heavy atom. The molecular formula is C11H17N3O4. The molecule has 18 heavy (non-hydrogen) atoms. The zero-order chi connectivity index (χ0) is 13.8. The van der Waals surface area contributed by atoms with Crippen LogP contribution in [0.3, 0.4) is 0 Å². The van der Waals surface area contributed by atoms with Crippen molar-refractivity contribution in [3.63, 3.8) is 0 Å². The summed E-state index contributed by atoms with van der Waals surface area (Å²) in [6.07, 6.45) is 2.84. The van der Waals surface area contributed by atoms with Crippen molar-refractivity contribution in [1.29, 1.82) is 0 Å². The summed E-state index contributed by atoms with van der Waals surface area (Å²) in [6, 6.07) is -0.324. The van der Waals surface area contributed by atoms with Crippen LogP contribution in [0.25, 0.3) is 0 Å². The predicted octanol–water partition coefficient (Wildman–Crippen LogP) is -0.466. The third-order valence-corrected chi connectivity index (χ3v) is 2.99. The van der Waals surface area contributed by atoms with E-state index in [1.54, 1.807) is 6.92 Å². The van der Waals surface area contributed by atoms with Gasteiger partial charge in [-0.1, -0.05) is 6.08 Å².